The third kappa shape index (κ3) is 22.8. The highest BCUT2D eigenvalue weighted by atomic mass is 19.1. The van der Waals surface area contributed by atoms with Gasteiger partial charge in [0.2, 0.25) is 22.7 Å². The molecule has 8 aliphatic heterocycles. The minimum Gasteiger partial charge on any atom is -0.444 e. The monoisotopic (exact) mass is 1560 g/mol. The van der Waals surface area contributed by atoms with Gasteiger partial charge in [-0.15, -0.1) is 0 Å². The number of benzene rings is 4. The number of ether oxygens (including phenoxy) is 8. The molecular weight excluding hydrogens is 1440 g/mol. The number of rotatable bonds is 4. The van der Waals surface area contributed by atoms with Gasteiger partial charge in [0.25, 0.3) is 0 Å². The molecule has 0 saturated carbocycles. The first-order valence-corrected chi connectivity index (χ1v) is 38.8. The van der Waals surface area contributed by atoms with Gasteiger partial charge in [-0.1, -0.05) is 24.3 Å². The van der Waals surface area contributed by atoms with E-state index in [9.17, 15) is 36.7 Å². The Morgan fingerprint density at radius 3 is 0.688 bits per heavy atom. The lowest BCUT2D eigenvalue weighted by molar-refractivity contribution is 0.00113. The maximum Gasteiger partial charge on any atom is 0.410 e. The Bertz CT molecular complexity index is 3660. The molecule has 4 aromatic carbocycles. The van der Waals surface area contributed by atoms with Gasteiger partial charge < -0.3 is 57.5 Å². The Hall–Kier alpha value is -8.68. The van der Waals surface area contributed by atoms with E-state index in [1.807, 2.05) is 83.1 Å². The largest absolute Gasteiger partial charge is 0.444 e. The molecule has 0 unspecified atom stereocenters. The molecule has 0 spiro atoms. The summed E-state index contributed by atoms with van der Waals surface area (Å²) in [6, 6.07) is 13.1. The zero-order chi connectivity index (χ0) is 81.9. The van der Waals surface area contributed by atoms with Crippen molar-refractivity contribution in [2.45, 2.75) is 207 Å². The van der Waals surface area contributed by atoms with E-state index in [-0.39, 0.29) is 95.7 Å². The van der Waals surface area contributed by atoms with Crippen molar-refractivity contribution in [1.29, 1.82) is 0 Å². The molecule has 12 rings (SSSR count). The molecule has 8 saturated heterocycles. The zero-order valence-electron chi connectivity index (χ0n) is 68.0. The van der Waals surface area contributed by atoms with E-state index in [0.29, 0.717) is 127 Å². The van der Waals surface area contributed by atoms with Gasteiger partial charge in [0, 0.05) is 155 Å². The fraction of sp³-hybridized carbons (Fsp3) is 0.619. The molecule has 28 heteroatoms. The predicted molar refractivity (Wildman–Crippen MR) is 416 cm³/mol. The molecule has 0 aromatic heterocycles. The average molecular weight is 1560 g/mol. The van der Waals surface area contributed by atoms with Crippen LogP contribution in [0.25, 0.3) is 19.4 Å². The second kappa shape index (κ2) is 37.5. The van der Waals surface area contributed by atoms with Crippen molar-refractivity contribution in [2.24, 2.45) is 0 Å². The molecule has 24 nitrogen and oxygen atoms in total. The molecule has 4 amide bonds. The van der Waals surface area contributed by atoms with Crippen molar-refractivity contribution in [3.8, 4) is 0 Å². The first-order valence-electron chi connectivity index (χ1n) is 38.8. The number of fused-ring (bicyclic) bond motifs is 4. The molecule has 8 atom stereocenters. The molecule has 8 aliphatic rings. The molecule has 4 aromatic rings. The molecule has 8 heterocycles. The summed E-state index contributed by atoms with van der Waals surface area (Å²) in [5.41, 5.74) is 4.27. The molecule has 608 valence electrons. The summed E-state index contributed by atoms with van der Waals surface area (Å²) in [7, 11) is 0. The van der Waals surface area contributed by atoms with E-state index in [1.54, 1.807) is 71.6 Å². The van der Waals surface area contributed by atoms with Crippen molar-refractivity contribution in [2.75, 3.05) is 131 Å². The Morgan fingerprint density at radius 1 is 0.330 bits per heavy atom. The average Bonchev–Trinajstić information content (AvgIpc) is 1.36. The van der Waals surface area contributed by atoms with Crippen LogP contribution in [0.3, 0.4) is 0 Å². The second-order valence-corrected chi connectivity index (χ2v) is 33.8. The summed E-state index contributed by atoms with van der Waals surface area (Å²) < 4.78 is 102. The summed E-state index contributed by atoms with van der Waals surface area (Å²) in [5, 5.41) is 0. The molecule has 8 fully saturated rings. The third-order valence-corrected chi connectivity index (χ3v) is 21.2. The Kier molecular flexibility index (Phi) is 29.2. The highest BCUT2D eigenvalue weighted by Crippen LogP contribution is 2.40. The number of carbonyl (C=O) groups is 4. The summed E-state index contributed by atoms with van der Waals surface area (Å²) in [6.07, 6.45) is 1.32. The fourth-order valence-corrected chi connectivity index (χ4v) is 15.5. The van der Waals surface area contributed by atoms with Crippen LogP contribution in [-0.2, 0) is 37.9 Å². The van der Waals surface area contributed by atoms with Crippen LogP contribution in [-0.4, -0.2) is 241 Å². The number of amides is 4. The quantitative estimate of drug-likeness (QED) is 0.107. The molecular formula is C84H112F4N12O12. The van der Waals surface area contributed by atoms with Gasteiger partial charge in [-0.3, -0.25) is 19.6 Å². The van der Waals surface area contributed by atoms with Crippen molar-refractivity contribution in [3.63, 3.8) is 0 Å². The SMILES string of the molecule is [C-]#[N+]c1c(F)ccc([C@@H]2CN3CCN(C(=O)OC(C)(C)C)C[C@@H]3CCO2)c1C.[C-]#[N+]c1c(F)ccc([C@@H]2CN3CCN(C(=O)OC(C)(C)C)C[C@H]3CCO2)c1C.[C-]#[N+]c1c(F)ccc([C@H]2CN3CCN(C(=O)OC(C)(C)C)C[C@@H]3CCO2)c1C.[C-]#[N+]c1c(F)ccc([C@H]2CN3CCN(C(=O)OC(C)(C)C)C[C@H]3CCO2)c1C. The standard InChI is InChI=1S/4C21H28FN3O3/c4*1-14-16(6-7-17(22)19(14)23-5)18-13-24-9-10-25(12-15(24)8-11-27-18)20(26)28-21(2,3)4/h4*6-7,15,18H,8-13H2,1-4H3/t2*15-,18+;2*15-,18-/m1010/s1. The lowest BCUT2D eigenvalue weighted by Gasteiger charge is -2.41. The molecule has 112 heavy (non-hydrogen) atoms. The van der Waals surface area contributed by atoms with Gasteiger partial charge in [0.1, 0.15) is 45.7 Å². The second-order valence-electron chi connectivity index (χ2n) is 33.8. The lowest BCUT2D eigenvalue weighted by atomic mass is 10.00. The van der Waals surface area contributed by atoms with Crippen LogP contribution < -0.4 is 0 Å². The van der Waals surface area contributed by atoms with E-state index in [4.69, 9.17) is 64.2 Å². The lowest BCUT2D eigenvalue weighted by Crippen LogP contribution is -2.55. The molecule has 0 radical (unpaired) electrons. The number of nitrogens with zero attached hydrogens (tertiary/aromatic N) is 12. The topological polar surface area (TPSA) is 185 Å². The van der Waals surface area contributed by atoms with Gasteiger partial charge >= 0.3 is 24.4 Å². The molecule has 0 bridgehead atoms. The summed E-state index contributed by atoms with van der Waals surface area (Å²) in [6.45, 7) is 71.1. The van der Waals surface area contributed by atoms with E-state index in [0.717, 1.165) is 74.1 Å². The van der Waals surface area contributed by atoms with Crippen LogP contribution in [0.1, 0.15) is 178 Å². The van der Waals surface area contributed by atoms with Crippen molar-refractivity contribution >= 4 is 47.1 Å². The highest BCUT2D eigenvalue weighted by molar-refractivity contribution is 5.70. The number of carbonyl (C=O) groups excluding carboxylic acids is 4. The Morgan fingerprint density at radius 2 is 0.518 bits per heavy atom. The maximum atomic E-state index is 13.9. The van der Waals surface area contributed by atoms with Gasteiger partial charge in [-0.25, -0.2) is 56.1 Å². The number of hydrogen-bond donors (Lipinski definition) is 0. The zero-order valence-corrected chi connectivity index (χ0v) is 68.0. The number of piperazine rings is 4. The van der Waals surface area contributed by atoms with Crippen molar-refractivity contribution < 1.29 is 74.6 Å². The molecule has 0 aliphatic carbocycles. The maximum absolute atomic E-state index is 13.9. The Balaban J connectivity index is 0.000000171. The predicted octanol–water partition coefficient (Wildman–Crippen LogP) is 16.3. The fourth-order valence-electron chi connectivity index (χ4n) is 15.5. The van der Waals surface area contributed by atoms with Crippen LogP contribution in [0.5, 0.6) is 0 Å². The van der Waals surface area contributed by atoms with Crippen LogP contribution in [0.15, 0.2) is 48.5 Å². The Labute approximate surface area is 658 Å². The number of halogens is 4. The first kappa shape index (κ1) is 87.3. The van der Waals surface area contributed by atoms with E-state index < -0.39 is 45.7 Å². The van der Waals surface area contributed by atoms with Gasteiger partial charge in [0.05, 0.1) is 50.7 Å². The first-order chi connectivity index (χ1) is 52.8. The van der Waals surface area contributed by atoms with Gasteiger partial charge in [0.15, 0.2) is 0 Å². The van der Waals surface area contributed by atoms with Crippen LogP contribution in [0, 0.1) is 77.3 Å². The summed E-state index contributed by atoms with van der Waals surface area (Å²) in [4.78, 5) is 79.3. The minimum atomic E-state index is -0.507. The van der Waals surface area contributed by atoms with E-state index >= 15 is 0 Å². The minimum absolute atomic E-state index is 0.0663. The van der Waals surface area contributed by atoms with Crippen LogP contribution in [0.2, 0.25) is 0 Å². The van der Waals surface area contributed by atoms with E-state index in [2.05, 4.69) is 39.0 Å². The van der Waals surface area contributed by atoms with E-state index in [1.165, 1.54) is 24.3 Å². The van der Waals surface area contributed by atoms with Crippen molar-refractivity contribution in [1.82, 2.24) is 39.2 Å². The summed E-state index contributed by atoms with van der Waals surface area (Å²) in [5.74, 6) is -1.97. The van der Waals surface area contributed by atoms with Gasteiger partial charge in [-0.05, 0) is 205 Å². The smallest absolute Gasteiger partial charge is 0.410 e. The van der Waals surface area contributed by atoms with Crippen molar-refractivity contribution in [3.05, 3.63) is 162 Å². The highest BCUT2D eigenvalue weighted by Gasteiger charge is 2.41. The normalized spacial score (nSPS) is 23.5. The van der Waals surface area contributed by atoms with Crippen LogP contribution >= 0.6 is 0 Å². The molecule has 0 N–H and O–H groups in total. The van der Waals surface area contributed by atoms with Gasteiger partial charge in [-0.2, -0.15) is 0 Å². The number of hydrogen-bond acceptors (Lipinski definition) is 16. The van der Waals surface area contributed by atoms with Crippen LogP contribution in [0.4, 0.5) is 59.5 Å². The summed E-state index contributed by atoms with van der Waals surface area (Å²) >= 11 is 0. The third-order valence-electron chi connectivity index (χ3n) is 21.2.